The Morgan fingerprint density at radius 1 is 1.00 bits per heavy atom. The first kappa shape index (κ1) is 28.1. The van der Waals surface area contributed by atoms with Gasteiger partial charge in [-0.3, -0.25) is 4.79 Å². The van der Waals surface area contributed by atoms with Crippen LogP contribution >= 0.6 is 0 Å². The van der Waals surface area contributed by atoms with Crippen LogP contribution in [-0.2, 0) is 22.2 Å². The monoisotopic (exact) mass is 479 g/mol. The number of nitrogens with one attached hydrogen (secondary N) is 2. The predicted molar refractivity (Wildman–Crippen MR) is 162 cm³/mol. The number of anilines is 2. The fraction of sp³-hybridized carbons (Fsp3) is 0.179. The summed E-state index contributed by atoms with van der Waals surface area (Å²) < 4.78 is 5.66. The molecule has 3 aromatic rings. The molecule has 0 aliphatic carbocycles. The first-order valence-corrected chi connectivity index (χ1v) is 12.2. The van der Waals surface area contributed by atoms with Gasteiger partial charge in [0.05, 0.1) is 19.9 Å². The van der Waals surface area contributed by atoms with Crippen LogP contribution in [0.1, 0.15) is 29.2 Å². The van der Waals surface area contributed by atoms with E-state index in [1.807, 2.05) is 49.5 Å². The number of ketones is 1. The molecule has 0 atom stereocenters. The summed E-state index contributed by atoms with van der Waals surface area (Å²) in [5.74, 6) is 0.0225. The number of hydrogen-bond donors (Lipinski definition) is 2. The summed E-state index contributed by atoms with van der Waals surface area (Å²) in [4.78, 5) is 11.1. The van der Waals surface area contributed by atoms with E-state index in [0.29, 0.717) is 12.6 Å². The Bertz CT molecular complexity index is 1240. The van der Waals surface area contributed by atoms with Gasteiger partial charge in [0, 0.05) is 41.6 Å². The lowest BCUT2D eigenvalue weighted by atomic mass is 9.18. The Balaban J connectivity index is 1.67. The molecule has 0 fully saturated rings. The zero-order valence-electron chi connectivity index (χ0n) is 21.4. The molecule has 3 rings (SSSR count). The molecule has 0 bridgehead atoms. The second kappa shape index (κ2) is 14.3. The second-order valence-electron chi connectivity index (χ2n) is 8.70. The Morgan fingerprint density at radius 2 is 1.73 bits per heavy atom. The summed E-state index contributed by atoms with van der Waals surface area (Å²) in [5.41, 5.74) is 8.24. The van der Waals surface area contributed by atoms with Crippen LogP contribution in [0, 0.1) is 0 Å². The molecule has 4 nitrogen and oxygen atoms in total. The normalized spacial score (nSPS) is 11.0. The van der Waals surface area contributed by atoms with Crippen molar-refractivity contribution in [2.45, 2.75) is 19.6 Å². The molecule has 0 unspecified atom stereocenters. The van der Waals surface area contributed by atoms with E-state index in [2.05, 4.69) is 34.9 Å². The van der Waals surface area contributed by atoms with Gasteiger partial charge in [0.2, 0.25) is 0 Å². The maximum absolute atomic E-state index is 11.1. The summed E-state index contributed by atoms with van der Waals surface area (Å²) in [7, 11) is 21.2. The van der Waals surface area contributed by atoms with Crippen LogP contribution in [0.5, 0.6) is 0 Å². The van der Waals surface area contributed by atoms with E-state index in [9.17, 15) is 4.79 Å². The van der Waals surface area contributed by atoms with Gasteiger partial charge in [-0.1, -0.05) is 55.1 Å². The summed E-state index contributed by atoms with van der Waals surface area (Å²) >= 11 is 0. The van der Waals surface area contributed by atoms with Gasteiger partial charge in [0.25, 0.3) is 0 Å². The van der Waals surface area contributed by atoms with E-state index in [1.165, 1.54) is 6.92 Å². The van der Waals surface area contributed by atoms with Crippen LogP contribution < -0.4 is 10.6 Å². The highest BCUT2D eigenvalue weighted by atomic mass is 16.5. The van der Waals surface area contributed by atoms with E-state index in [-0.39, 0.29) is 12.5 Å². The number of hydrogen-bond acceptors (Lipinski definition) is 4. The third kappa shape index (κ3) is 8.85. The molecule has 0 heterocycles. The average molecular weight is 479 g/mol. The Hall–Kier alpha value is -3.47. The number of carbonyl (C=O) groups is 1. The van der Waals surface area contributed by atoms with Gasteiger partial charge in [-0.15, -0.1) is 0 Å². The number of carbonyl (C=O) groups excluding carboxylic acids is 1. The second-order valence-corrected chi connectivity index (χ2v) is 8.70. The largest absolute Gasteiger partial charge is 0.481 e. The molecule has 0 aromatic heterocycles. The molecule has 3 aromatic carbocycles. The number of benzene rings is 3. The predicted octanol–water partition coefficient (Wildman–Crippen LogP) is 4.25. The van der Waals surface area contributed by atoms with Crippen LogP contribution in [0.2, 0.25) is 0 Å². The van der Waals surface area contributed by atoms with Gasteiger partial charge in [-0.25, -0.2) is 0 Å². The molecule has 0 aliphatic rings. The lowest BCUT2D eigenvalue weighted by molar-refractivity contribution is -0.112. The molecule has 2 N–H and O–H groups in total. The molecule has 0 saturated heterocycles. The minimum atomic E-state index is -0.478. The van der Waals surface area contributed by atoms with Gasteiger partial charge in [0.1, 0.15) is 0 Å². The average Bonchev–Trinajstić information content (AvgIpc) is 2.88. The van der Waals surface area contributed by atoms with Crippen molar-refractivity contribution in [1.82, 2.24) is 0 Å². The van der Waals surface area contributed by atoms with E-state index in [1.54, 1.807) is 25.6 Å². The minimum Gasteiger partial charge on any atom is -0.481 e. The molecular weight excluding hydrogens is 450 g/mol. The summed E-state index contributed by atoms with van der Waals surface area (Å²) in [5, 5.41) is 6.49. The van der Waals surface area contributed by atoms with Crippen LogP contribution in [0.15, 0.2) is 73.0 Å². The number of rotatable bonds is 13. The van der Waals surface area contributed by atoms with E-state index in [0.717, 1.165) is 44.8 Å². The first-order valence-electron chi connectivity index (χ1n) is 12.2. The van der Waals surface area contributed by atoms with Crippen LogP contribution in [-0.4, -0.2) is 56.4 Å². The Kier molecular flexibility index (Phi) is 10.9. The fourth-order valence-corrected chi connectivity index (χ4v) is 3.91. The van der Waals surface area contributed by atoms with Gasteiger partial charge in [-0.05, 0) is 76.7 Å². The summed E-state index contributed by atoms with van der Waals surface area (Å²) in [6.07, 6.45) is 8.05. The van der Waals surface area contributed by atoms with Crippen molar-refractivity contribution in [3.8, 4) is 11.1 Å². The molecule has 7 radical (unpaired) electrons. The number of ether oxygens (including phenoxy) is 1. The van der Waals surface area contributed by atoms with Gasteiger partial charge >= 0.3 is 0 Å². The van der Waals surface area contributed by atoms with E-state index >= 15 is 0 Å². The minimum absolute atomic E-state index is 0.0225. The lowest BCUT2D eigenvalue weighted by Crippen LogP contribution is -2.19. The maximum Gasteiger partial charge on any atom is 0.158 e. The SMILES string of the molecule is [B][B]Cc1cc(NC)ccc1-c1ccc(NCOC=Cc2ccc(C=CC(C)=O)cc2)c(CB([B])[B])c1. The zero-order chi connectivity index (χ0) is 26.6. The summed E-state index contributed by atoms with van der Waals surface area (Å²) in [6.45, 7) is 1.34. The van der Waals surface area contributed by atoms with Crippen molar-refractivity contribution in [3.05, 3.63) is 95.3 Å². The molecule has 0 saturated carbocycles. The number of allylic oxidation sites excluding steroid dienone is 1. The molecular formula is C28H28B5N2O2. The molecule has 177 valence electrons. The smallest absolute Gasteiger partial charge is 0.158 e. The lowest BCUT2D eigenvalue weighted by Gasteiger charge is -2.17. The Morgan fingerprint density at radius 3 is 2.38 bits per heavy atom. The van der Waals surface area contributed by atoms with E-state index < -0.39 is 6.49 Å². The molecule has 0 amide bonds. The van der Waals surface area contributed by atoms with Gasteiger partial charge in [0.15, 0.2) is 12.5 Å². The summed E-state index contributed by atoms with van der Waals surface area (Å²) in [6, 6.07) is 20.3. The van der Waals surface area contributed by atoms with E-state index in [4.69, 9.17) is 27.9 Å². The quantitative estimate of drug-likeness (QED) is 0.127. The van der Waals surface area contributed by atoms with Crippen LogP contribution in [0.3, 0.4) is 0 Å². The zero-order valence-corrected chi connectivity index (χ0v) is 21.4. The first-order chi connectivity index (χ1) is 17.9. The standard InChI is InChI=1S/C28H28B5N2O2/c1-20(36)3-4-21-5-7-22(8-6-21)13-14-37-19-35-28-12-9-23(15-25(28)18-33(30)31)27-11-10-26(34-2)16-24(27)17-32-29/h3-16,34-35H,17-19H2,1-2H3. The Labute approximate surface area is 225 Å². The van der Waals surface area contributed by atoms with Crippen molar-refractivity contribution in [3.63, 3.8) is 0 Å². The van der Waals surface area contributed by atoms with Crippen molar-refractivity contribution < 1.29 is 9.53 Å². The highest BCUT2D eigenvalue weighted by Gasteiger charge is 2.11. The van der Waals surface area contributed by atoms with Crippen LogP contribution in [0.25, 0.3) is 23.3 Å². The maximum atomic E-state index is 11.1. The highest BCUT2D eigenvalue weighted by molar-refractivity contribution is 7.28. The molecule has 9 heteroatoms. The third-order valence-corrected chi connectivity index (χ3v) is 5.75. The molecule has 0 aliphatic heterocycles. The van der Waals surface area contributed by atoms with Gasteiger partial charge in [-0.2, -0.15) is 0 Å². The van der Waals surface area contributed by atoms with Crippen molar-refractivity contribution in [2.24, 2.45) is 0 Å². The topological polar surface area (TPSA) is 50.4 Å². The third-order valence-electron chi connectivity index (χ3n) is 5.75. The van der Waals surface area contributed by atoms with Gasteiger partial charge < -0.3 is 15.4 Å². The molecule has 0 spiro atoms. The highest BCUT2D eigenvalue weighted by Crippen LogP contribution is 2.30. The van der Waals surface area contributed by atoms with Crippen molar-refractivity contribution >= 4 is 66.2 Å². The van der Waals surface area contributed by atoms with Crippen molar-refractivity contribution in [2.75, 3.05) is 24.4 Å². The molecule has 37 heavy (non-hydrogen) atoms. The fourth-order valence-electron chi connectivity index (χ4n) is 3.91. The van der Waals surface area contributed by atoms with Crippen molar-refractivity contribution in [1.29, 1.82) is 0 Å². The van der Waals surface area contributed by atoms with Crippen LogP contribution in [0.4, 0.5) is 11.4 Å².